The smallest absolute Gasteiger partial charge is 0.416 e. The van der Waals surface area contributed by atoms with Crippen molar-refractivity contribution in [3.05, 3.63) is 76.6 Å². The molecule has 0 bridgehead atoms. The molecule has 4 rings (SSSR count). The van der Waals surface area contributed by atoms with Gasteiger partial charge >= 0.3 is 12.1 Å². The largest absolute Gasteiger partial charge is 0.480 e. The molecule has 0 aliphatic carbocycles. The van der Waals surface area contributed by atoms with Gasteiger partial charge in [-0.25, -0.2) is 4.39 Å². The minimum absolute atomic E-state index is 0.229. The number of aromatic nitrogens is 2. The highest BCUT2D eigenvalue weighted by molar-refractivity contribution is 5.98. The predicted molar refractivity (Wildman–Crippen MR) is 109 cm³/mol. The molecule has 0 amide bonds. The van der Waals surface area contributed by atoms with Crippen LogP contribution in [-0.2, 0) is 23.9 Å². The number of halogens is 4. The Kier molecular flexibility index (Phi) is 5.28. The zero-order valence-electron chi connectivity index (χ0n) is 17.1. The number of aliphatic carboxylic acids is 1. The number of aryl methyl sites for hydroxylation is 2. The molecule has 9 heteroatoms. The zero-order chi connectivity index (χ0) is 23.2. The van der Waals surface area contributed by atoms with Crippen molar-refractivity contribution in [2.75, 3.05) is 0 Å². The normalized spacial score (nSPS) is 11.9. The van der Waals surface area contributed by atoms with Crippen LogP contribution >= 0.6 is 0 Å². The van der Waals surface area contributed by atoms with E-state index in [9.17, 15) is 27.5 Å². The van der Waals surface area contributed by atoms with E-state index in [0.29, 0.717) is 33.7 Å². The molecule has 0 aliphatic rings. The Morgan fingerprint density at radius 1 is 1.12 bits per heavy atom. The Morgan fingerprint density at radius 3 is 2.50 bits per heavy atom. The van der Waals surface area contributed by atoms with Crippen LogP contribution in [-0.4, -0.2) is 20.8 Å². The first-order chi connectivity index (χ1) is 15.0. The Balaban J connectivity index is 1.95. The maximum atomic E-state index is 14.1. The zero-order valence-corrected chi connectivity index (χ0v) is 17.1. The number of hydrogen-bond acceptors (Lipinski definition) is 3. The summed E-state index contributed by atoms with van der Waals surface area (Å²) in [5.41, 5.74) is 2.27. The highest BCUT2D eigenvalue weighted by Gasteiger charge is 2.31. The monoisotopic (exact) mass is 446 g/mol. The van der Waals surface area contributed by atoms with E-state index < -0.39 is 30.1 Å². The molecule has 0 saturated heterocycles. The first-order valence-corrected chi connectivity index (χ1v) is 9.67. The average molecular weight is 446 g/mol. The SMILES string of the molecule is Cc1noc(C)c1Cc1cc(F)ccc1-c1cn(CC(=O)O)c2ccc(C(F)(F)F)cc12. The molecule has 0 radical (unpaired) electrons. The first kappa shape index (κ1) is 21.6. The molecule has 5 nitrogen and oxygen atoms in total. The lowest BCUT2D eigenvalue weighted by molar-refractivity contribution is -0.138. The molecule has 0 aliphatic heterocycles. The van der Waals surface area contributed by atoms with Crippen molar-refractivity contribution in [1.82, 2.24) is 9.72 Å². The van der Waals surface area contributed by atoms with Crippen LogP contribution in [0.1, 0.15) is 28.1 Å². The highest BCUT2D eigenvalue weighted by Crippen LogP contribution is 2.38. The molecule has 0 spiro atoms. The van der Waals surface area contributed by atoms with Crippen LogP contribution in [0.5, 0.6) is 0 Å². The van der Waals surface area contributed by atoms with Gasteiger partial charge in [0.25, 0.3) is 0 Å². The van der Waals surface area contributed by atoms with Crippen LogP contribution in [0.2, 0.25) is 0 Å². The quantitative estimate of drug-likeness (QED) is 0.397. The maximum absolute atomic E-state index is 14.1. The van der Waals surface area contributed by atoms with Gasteiger partial charge in [-0.1, -0.05) is 11.2 Å². The van der Waals surface area contributed by atoms with Crippen molar-refractivity contribution in [2.45, 2.75) is 33.0 Å². The van der Waals surface area contributed by atoms with E-state index in [1.165, 1.54) is 35.0 Å². The fourth-order valence-corrected chi connectivity index (χ4v) is 3.88. The topological polar surface area (TPSA) is 68.3 Å². The van der Waals surface area contributed by atoms with Gasteiger partial charge < -0.3 is 14.2 Å². The molecule has 1 N–H and O–H groups in total. The molecule has 0 atom stereocenters. The molecule has 2 aromatic carbocycles. The van der Waals surface area contributed by atoms with Crippen LogP contribution in [0.15, 0.2) is 47.1 Å². The number of carbonyl (C=O) groups is 1. The molecular weight excluding hydrogens is 428 g/mol. The Morgan fingerprint density at radius 2 is 1.88 bits per heavy atom. The summed E-state index contributed by atoms with van der Waals surface area (Å²) >= 11 is 0. The molecule has 0 saturated carbocycles. The van der Waals surface area contributed by atoms with Crippen LogP contribution in [0, 0.1) is 19.7 Å². The molecule has 2 aromatic heterocycles. The second-order valence-electron chi connectivity index (χ2n) is 7.58. The molecule has 0 fully saturated rings. The Bertz CT molecular complexity index is 1320. The van der Waals surface area contributed by atoms with E-state index in [4.69, 9.17) is 4.52 Å². The molecule has 4 aromatic rings. The molecule has 32 heavy (non-hydrogen) atoms. The summed E-state index contributed by atoms with van der Waals surface area (Å²) in [6.45, 7) is 3.05. The number of carboxylic acids is 1. The number of carboxylic acid groups (broad SMARTS) is 1. The summed E-state index contributed by atoms with van der Waals surface area (Å²) in [6, 6.07) is 7.19. The average Bonchev–Trinajstić information content (AvgIpc) is 3.21. The fraction of sp³-hybridized carbons (Fsp3) is 0.217. The lowest BCUT2D eigenvalue weighted by Crippen LogP contribution is -2.08. The second kappa shape index (κ2) is 7.81. The standard InChI is InChI=1S/C23H18F4N2O3/c1-12-18(13(2)32-28-12)8-14-7-16(24)4-5-17(14)20-10-29(11-22(30)31)21-6-3-15(9-19(20)21)23(25,26)27/h3-7,9-10H,8,11H2,1-2H3,(H,30,31). The summed E-state index contributed by atoms with van der Waals surface area (Å²) in [5, 5.41) is 13.4. The van der Waals surface area contributed by atoms with Crippen molar-refractivity contribution >= 4 is 16.9 Å². The van der Waals surface area contributed by atoms with Crippen LogP contribution in [0.25, 0.3) is 22.0 Å². The second-order valence-corrected chi connectivity index (χ2v) is 7.58. The van der Waals surface area contributed by atoms with Crippen molar-refractivity contribution < 1.29 is 32.0 Å². The van der Waals surface area contributed by atoms with Crippen molar-refractivity contribution in [3.63, 3.8) is 0 Å². The number of nitrogens with zero attached hydrogens (tertiary/aromatic N) is 2. The summed E-state index contributed by atoms with van der Waals surface area (Å²) in [4.78, 5) is 11.3. The van der Waals surface area contributed by atoms with Crippen LogP contribution < -0.4 is 0 Å². The lowest BCUT2D eigenvalue weighted by atomic mass is 9.93. The Hall–Kier alpha value is -3.62. The van der Waals surface area contributed by atoms with Crippen molar-refractivity contribution in [2.24, 2.45) is 0 Å². The van der Waals surface area contributed by atoms with Crippen LogP contribution in [0.4, 0.5) is 17.6 Å². The van der Waals surface area contributed by atoms with Crippen molar-refractivity contribution in [3.8, 4) is 11.1 Å². The number of rotatable bonds is 5. The van der Waals surface area contributed by atoms with Gasteiger partial charge in [-0.05, 0) is 55.3 Å². The molecule has 2 heterocycles. The highest BCUT2D eigenvalue weighted by atomic mass is 19.4. The predicted octanol–water partition coefficient (Wildman–Crippen LogP) is 5.75. The molecular formula is C23H18F4N2O3. The maximum Gasteiger partial charge on any atom is 0.416 e. The fourth-order valence-electron chi connectivity index (χ4n) is 3.88. The van der Waals surface area contributed by atoms with Gasteiger partial charge in [0.15, 0.2) is 0 Å². The van der Waals surface area contributed by atoms with E-state index in [1.807, 2.05) is 0 Å². The van der Waals surface area contributed by atoms with E-state index in [2.05, 4.69) is 5.16 Å². The van der Waals surface area contributed by atoms with Gasteiger partial charge in [0.1, 0.15) is 18.1 Å². The third-order valence-electron chi connectivity index (χ3n) is 5.42. The Labute approximate surface area is 179 Å². The number of alkyl halides is 3. The summed E-state index contributed by atoms with van der Waals surface area (Å²) in [6.07, 6.45) is -2.83. The van der Waals surface area contributed by atoms with Crippen LogP contribution in [0.3, 0.4) is 0 Å². The third-order valence-corrected chi connectivity index (χ3v) is 5.42. The lowest BCUT2D eigenvalue weighted by Gasteiger charge is -2.11. The van der Waals surface area contributed by atoms with E-state index in [1.54, 1.807) is 13.8 Å². The van der Waals surface area contributed by atoms with Gasteiger partial charge in [-0.3, -0.25) is 4.79 Å². The van der Waals surface area contributed by atoms with Gasteiger partial charge in [-0.2, -0.15) is 13.2 Å². The van der Waals surface area contributed by atoms with E-state index in [-0.39, 0.29) is 11.8 Å². The van der Waals surface area contributed by atoms with E-state index in [0.717, 1.165) is 17.7 Å². The van der Waals surface area contributed by atoms with Gasteiger partial charge in [0, 0.05) is 34.6 Å². The van der Waals surface area contributed by atoms with Gasteiger partial charge in [-0.15, -0.1) is 0 Å². The summed E-state index contributed by atoms with van der Waals surface area (Å²) in [5.74, 6) is -1.07. The summed E-state index contributed by atoms with van der Waals surface area (Å²) < 4.78 is 60.8. The molecule has 166 valence electrons. The number of fused-ring (bicyclic) bond motifs is 1. The number of hydrogen-bond donors (Lipinski definition) is 1. The minimum atomic E-state index is -4.57. The van der Waals surface area contributed by atoms with Gasteiger partial charge in [0.2, 0.25) is 0 Å². The minimum Gasteiger partial charge on any atom is -0.480 e. The number of benzene rings is 2. The first-order valence-electron chi connectivity index (χ1n) is 9.67. The summed E-state index contributed by atoms with van der Waals surface area (Å²) in [7, 11) is 0. The van der Waals surface area contributed by atoms with Crippen molar-refractivity contribution in [1.29, 1.82) is 0 Å². The van der Waals surface area contributed by atoms with Gasteiger partial charge in [0.05, 0.1) is 11.3 Å². The third kappa shape index (κ3) is 3.98. The molecule has 0 unspecified atom stereocenters. The van der Waals surface area contributed by atoms with E-state index >= 15 is 0 Å².